The largest absolute Gasteiger partial charge is 2.00 e. The van der Waals surface area contributed by atoms with Crippen LogP contribution in [0.25, 0.3) is 0 Å². The Kier molecular flexibility index (Phi) is 60.0. The molecule has 34 heavy (non-hydrogen) atoms. The average molecular weight is 560 g/mol. The zero-order valence-electron chi connectivity index (χ0n) is 19.5. The summed E-state index contributed by atoms with van der Waals surface area (Å²) in [6.45, 7) is 5.80. The van der Waals surface area contributed by atoms with E-state index in [1.54, 1.807) is 0 Å². The standard InChI is InChI=1S/5C3H6O3.Ca.Na.H3OP/c5*1-2(4)3(5)6;;;1-2/h5*2,4H,1H3,(H,5,6);;;1H,2H2/q;;;;;+2;+1;/p-3. The van der Waals surface area contributed by atoms with Gasteiger partial charge in [0.15, 0.2) is 0 Å². The Bertz CT molecular complexity index is 410. The molecule has 0 aromatic rings. The monoisotopic (exact) mass is 560 g/mol. The molecule has 0 bridgehead atoms. The second-order valence-electron chi connectivity index (χ2n) is 5.01. The van der Waals surface area contributed by atoms with Gasteiger partial charge >= 0.3 is 79.2 Å². The van der Waals surface area contributed by atoms with E-state index in [4.69, 9.17) is 40.6 Å². The van der Waals surface area contributed by atoms with Gasteiger partial charge in [-0.1, -0.05) is 0 Å². The number of hydrogen-bond acceptors (Lipinski definition) is 14. The first-order valence-electron chi connectivity index (χ1n) is 7.96. The normalized spacial score (nSPS) is 12.2. The molecule has 0 aromatic carbocycles. The van der Waals surface area contributed by atoms with E-state index in [9.17, 15) is 39.3 Å². The molecule has 6 unspecified atom stereocenters. The summed E-state index contributed by atoms with van der Waals surface area (Å²) in [7, 11) is 1.42. The van der Waals surface area contributed by atoms with E-state index < -0.39 is 60.4 Å². The molecule has 0 fully saturated rings. The molecular weight excluding hydrogens is 530 g/mol. The Morgan fingerprint density at radius 1 is 0.529 bits per heavy atom. The summed E-state index contributed by atoms with van der Waals surface area (Å²) >= 11 is 0. The SMILES string of the molecule is CC(O)C(=O)O.CC(O)C(=O)O.CC(O)C(=O)[O-].CC(O)C(=O)[O-].CC(O)C(=O)[O-].OP.[Ca+2].[Na+]. The molecule has 0 amide bonds. The molecule has 194 valence electrons. The molecule has 0 spiro atoms. The molecule has 6 atom stereocenters. The van der Waals surface area contributed by atoms with Crippen molar-refractivity contribution in [2.24, 2.45) is 0 Å². The Labute approximate surface area is 249 Å². The molecule has 0 aromatic heterocycles. The molecular formula is C15H30CaNaO16P. The van der Waals surface area contributed by atoms with Gasteiger partial charge in [0.05, 0.1) is 36.2 Å². The van der Waals surface area contributed by atoms with Gasteiger partial charge in [0.1, 0.15) is 12.2 Å². The molecule has 0 saturated heterocycles. The number of rotatable bonds is 5. The van der Waals surface area contributed by atoms with Gasteiger partial charge in [0, 0.05) is 0 Å². The molecule has 0 radical (unpaired) electrons. The molecule has 0 rings (SSSR count). The molecule has 19 heteroatoms. The molecule has 16 nitrogen and oxygen atoms in total. The number of carboxylic acids is 5. The smallest absolute Gasteiger partial charge is 0.547 e. The minimum absolute atomic E-state index is 0. The fraction of sp³-hybridized carbons (Fsp3) is 0.667. The average Bonchev–Trinajstić information content (AvgIpc) is 2.64. The fourth-order valence-corrected chi connectivity index (χ4v) is 0. The number of aliphatic carboxylic acids is 5. The first-order valence-corrected chi connectivity index (χ1v) is 8.48. The fourth-order valence-electron chi connectivity index (χ4n) is 0. The maximum atomic E-state index is 9.45. The van der Waals surface area contributed by atoms with Gasteiger partial charge in [-0.15, -0.1) is 0 Å². The summed E-state index contributed by atoms with van der Waals surface area (Å²) in [4.78, 5) is 53.8. The minimum Gasteiger partial charge on any atom is -0.547 e. The van der Waals surface area contributed by atoms with Crippen LogP contribution in [-0.4, -0.2) is 139 Å². The number of carbonyl (C=O) groups is 5. The van der Waals surface area contributed by atoms with E-state index in [-0.39, 0.29) is 67.3 Å². The number of carbonyl (C=O) groups excluding carboxylic acids is 3. The molecule has 0 saturated carbocycles. The van der Waals surface area contributed by atoms with Gasteiger partial charge in [0.25, 0.3) is 0 Å². The maximum Gasteiger partial charge on any atom is 2.00 e. The summed E-state index contributed by atoms with van der Waals surface area (Å²) in [6, 6.07) is 0. The number of carboxylic acid groups (broad SMARTS) is 5. The second kappa shape index (κ2) is 37.4. The van der Waals surface area contributed by atoms with Crippen molar-refractivity contribution >= 4 is 77.1 Å². The predicted molar refractivity (Wildman–Crippen MR) is 106 cm³/mol. The number of aliphatic hydroxyl groups excluding tert-OH is 5. The van der Waals surface area contributed by atoms with Gasteiger partial charge in [0.2, 0.25) is 0 Å². The van der Waals surface area contributed by atoms with Crippen molar-refractivity contribution < 1.29 is 109 Å². The van der Waals surface area contributed by atoms with E-state index in [0.29, 0.717) is 0 Å². The summed E-state index contributed by atoms with van der Waals surface area (Å²) in [6.07, 6.45) is -6.49. The van der Waals surface area contributed by atoms with E-state index >= 15 is 0 Å². The van der Waals surface area contributed by atoms with Crippen LogP contribution in [-0.2, 0) is 24.0 Å². The summed E-state index contributed by atoms with van der Waals surface area (Å²) < 4.78 is 0. The summed E-state index contributed by atoms with van der Waals surface area (Å²) in [5.74, 6) is -6.68. The van der Waals surface area contributed by atoms with Crippen molar-refractivity contribution in [3.63, 3.8) is 0 Å². The van der Waals surface area contributed by atoms with E-state index in [2.05, 4.69) is 0 Å². The summed E-state index contributed by atoms with van der Waals surface area (Å²) in [5.41, 5.74) is 0. The Morgan fingerprint density at radius 2 is 0.588 bits per heavy atom. The van der Waals surface area contributed by atoms with Crippen molar-refractivity contribution in [2.45, 2.75) is 65.1 Å². The summed E-state index contributed by atoms with van der Waals surface area (Å²) in [5, 5.41) is 83.5. The topological polar surface area (TPSA) is 316 Å². The van der Waals surface area contributed by atoms with Crippen molar-refractivity contribution in [1.29, 1.82) is 0 Å². The van der Waals surface area contributed by atoms with E-state index in [1.165, 1.54) is 23.3 Å². The van der Waals surface area contributed by atoms with Crippen LogP contribution >= 0.6 is 9.47 Å². The van der Waals surface area contributed by atoms with Gasteiger partial charge in [-0.2, -0.15) is 0 Å². The van der Waals surface area contributed by atoms with Crippen molar-refractivity contribution in [3.05, 3.63) is 0 Å². The Hall–Kier alpha value is -0.200. The maximum absolute atomic E-state index is 9.45. The van der Waals surface area contributed by atoms with Crippen molar-refractivity contribution in [1.82, 2.24) is 0 Å². The third kappa shape index (κ3) is 76.9. The van der Waals surface area contributed by atoms with Gasteiger partial charge in [-0.25, -0.2) is 9.59 Å². The zero-order chi connectivity index (χ0) is 27.8. The van der Waals surface area contributed by atoms with Crippen LogP contribution < -0.4 is 44.9 Å². The van der Waals surface area contributed by atoms with Crippen LogP contribution in [0.2, 0.25) is 0 Å². The van der Waals surface area contributed by atoms with E-state index in [0.717, 1.165) is 20.8 Å². The van der Waals surface area contributed by atoms with Gasteiger partial charge < -0.3 is 70.3 Å². The van der Waals surface area contributed by atoms with Crippen molar-refractivity contribution in [3.8, 4) is 0 Å². The van der Waals surface area contributed by atoms with E-state index in [1.807, 2.05) is 0 Å². The first kappa shape index (κ1) is 54.6. The van der Waals surface area contributed by atoms with Crippen LogP contribution in [0, 0.1) is 0 Å². The number of hydrogen-bond donors (Lipinski definition) is 8. The van der Waals surface area contributed by atoms with Crippen LogP contribution in [0.4, 0.5) is 0 Å². The first-order chi connectivity index (χ1) is 14.2. The Balaban J connectivity index is -0.0000000400. The predicted octanol–water partition coefficient (Wildman–Crippen LogP) is -10.4. The van der Waals surface area contributed by atoms with Crippen LogP contribution in [0.1, 0.15) is 34.6 Å². The van der Waals surface area contributed by atoms with Gasteiger partial charge in [-0.05, 0) is 44.1 Å². The molecule has 8 N–H and O–H groups in total. The van der Waals surface area contributed by atoms with Crippen LogP contribution in [0.15, 0.2) is 0 Å². The van der Waals surface area contributed by atoms with Gasteiger partial charge in [-0.3, -0.25) is 0 Å². The van der Waals surface area contributed by atoms with Crippen LogP contribution in [0.5, 0.6) is 0 Å². The third-order valence-electron chi connectivity index (χ3n) is 1.74. The molecule has 0 heterocycles. The molecule has 0 aliphatic carbocycles. The third-order valence-corrected chi connectivity index (χ3v) is 1.74. The quantitative estimate of drug-likeness (QED) is 0.114. The Morgan fingerprint density at radius 3 is 0.588 bits per heavy atom. The second-order valence-corrected chi connectivity index (χ2v) is 5.01. The minimum atomic E-state index is -1.44. The zero-order valence-corrected chi connectivity index (χ0v) is 24.9. The van der Waals surface area contributed by atoms with Crippen molar-refractivity contribution in [2.75, 3.05) is 0 Å². The molecule has 0 aliphatic heterocycles. The molecule has 0 aliphatic rings. The van der Waals surface area contributed by atoms with Crippen LogP contribution in [0.3, 0.4) is 0 Å². The number of aliphatic hydroxyl groups is 5.